The number of benzene rings is 1. The Morgan fingerprint density at radius 2 is 2.25 bits per heavy atom. The molecule has 0 heterocycles. The molecule has 0 saturated carbocycles. The predicted molar refractivity (Wildman–Crippen MR) is 52.3 cm³/mol. The van der Waals surface area contributed by atoms with Gasteiger partial charge in [0.25, 0.3) is 12.1 Å². The van der Waals surface area contributed by atoms with Gasteiger partial charge in [-0.15, -0.1) is 0 Å². The van der Waals surface area contributed by atoms with Crippen LogP contribution in [0.5, 0.6) is 0 Å². The number of halogens is 2. The van der Waals surface area contributed by atoms with Crippen LogP contribution in [0.2, 0.25) is 0 Å². The molecule has 5 nitrogen and oxygen atoms in total. The number of nitrogens with zero attached hydrogens (tertiary/aromatic N) is 2. The number of hydrogen-bond acceptors (Lipinski definition) is 4. The molecule has 0 aliphatic heterocycles. The zero-order chi connectivity index (χ0) is 12.1. The number of nitrogens with one attached hydrogen (secondary N) is 1. The van der Waals surface area contributed by atoms with Crippen LogP contribution < -0.4 is 5.32 Å². The van der Waals surface area contributed by atoms with Crippen molar-refractivity contribution in [3.8, 4) is 6.07 Å². The van der Waals surface area contributed by atoms with Crippen molar-refractivity contribution in [3.63, 3.8) is 0 Å². The SMILES string of the molecule is N#Cc1cc([N+](=O)[O-])ccc1NCC(F)F. The summed E-state index contributed by atoms with van der Waals surface area (Å²) in [5.41, 5.74) is -0.123. The molecule has 1 aromatic rings. The molecule has 0 unspecified atom stereocenters. The summed E-state index contributed by atoms with van der Waals surface area (Å²) in [6, 6.07) is 5.12. The smallest absolute Gasteiger partial charge is 0.270 e. The minimum Gasteiger partial charge on any atom is -0.378 e. The highest BCUT2D eigenvalue weighted by atomic mass is 19.3. The molecule has 1 rings (SSSR count). The molecule has 0 bridgehead atoms. The Kier molecular flexibility index (Phi) is 3.72. The lowest BCUT2D eigenvalue weighted by Gasteiger charge is -2.06. The maximum absolute atomic E-state index is 11.9. The molecule has 0 fully saturated rings. The van der Waals surface area contributed by atoms with Gasteiger partial charge in [-0.05, 0) is 6.07 Å². The van der Waals surface area contributed by atoms with Crippen molar-refractivity contribution in [1.29, 1.82) is 5.26 Å². The first-order valence-corrected chi connectivity index (χ1v) is 4.25. The Labute approximate surface area is 89.5 Å². The van der Waals surface area contributed by atoms with Crippen molar-refractivity contribution in [3.05, 3.63) is 33.9 Å². The van der Waals surface area contributed by atoms with E-state index < -0.39 is 17.9 Å². The molecular formula is C9H7F2N3O2. The van der Waals surface area contributed by atoms with Gasteiger partial charge in [0.2, 0.25) is 0 Å². The fraction of sp³-hybridized carbons (Fsp3) is 0.222. The molecule has 1 aromatic carbocycles. The minimum absolute atomic E-state index is 0.0325. The van der Waals surface area contributed by atoms with Gasteiger partial charge in [-0.1, -0.05) is 0 Å². The number of rotatable bonds is 4. The van der Waals surface area contributed by atoms with E-state index in [0.29, 0.717) is 0 Å². The first-order valence-electron chi connectivity index (χ1n) is 4.25. The van der Waals surface area contributed by atoms with Crippen LogP contribution in [-0.2, 0) is 0 Å². The van der Waals surface area contributed by atoms with Crippen LogP contribution in [0.3, 0.4) is 0 Å². The summed E-state index contributed by atoms with van der Waals surface area (Å²) in [6.45, 7) is -0.605. The molecule has 1 N–H and O–H groups in total. The summed E-state index contributed by atoms with van der Waals surface area (Å²) >= 11 is 0. The van der Waals surface area contributed by atoms with E-state index in [0.717, 1.165) is 12.1 Å². The number of hydrogen-bond donors (Lipinski definition) is 1. The van der Waals surface area contributed by atoms with Gasteiger partial charge in [0.1, 0.15) is 6.07 Å². The maximum Gasteiger partial charge on any atom is 0.270 e. The lowest BCUT2D eigenvalue weighted by atomic mass is 10.1. The summed E-state index contributed by atoms with van der Waals surface area (Å²) in [5.74, 6) is 0. The summed E-state index contributed by atoms with van der Waals surface area (Å²) in [4.78, 5) is 9.75. The molecule has 0 aliphatic rings. The number of nitriles is 1. The van der Waals surface area contributed by atoms with Crippen LogP contribution in [0.25, 0.3) is 0 Å². The van der Waals surface area contributed by atoms with Crippen molar-refractivity contribution in [2.75, 3.05) is 11.9 Å². The fourth-order valence-electron chi connectivity index (χ4n) is 1.08. The molecule has 7 heteroatoms. The van der Waals surface area contributed by atoms with Crippen LogP contribution in [0.1, 0.15) is 5.56 Å². The monoisotopic (exact) mass is 227 g/mol. The number of anilines is 1. The third-order valence-electron chi connectivity index (χ3n) is 1.78. The largest absolute Gasteiger partial charge is 0.378 e. The second-order valence-corrected chi connectivity index (χ2v) is 2.87. The van der Waals surface area contributed by atoms with Crippen molar-refractivity contribution >= 4 is 11.4 Å². The van der Waals surface area contributed by atoms with Gasteiger partial charge in [0, 0.05) is 12.1 Å². The highest BCUT2D eigenvalue weighted by Crippen LogP contribution is 2.21. The van der Waals surface area contributed by atoms with Crippen LogP contribution in [-0.4, -0.2) is 17.9 Å². The second kappa shape index (κ2) is 5.02. The zero-order valence-electron chi connectivity index (χ0n) is 7.98. The van der Waals surface area contributed by atoms with Gasteiger partial charge in [-0.25, -0.2) is 8.78 Å². The lowest BCUT2D eigenvalue weighted by molar-refractivity contribution is -0.384. The molecule has 16 heavy (non-hydrogen) atoms. The number of alkyl halides is 2. The summed E-state index contributed by atoms with van der Waals surface area (Å²) in [6.07, 6.45) is -2.55. The Balaban J connectivity index is 2.94. The van der Waals surface area contributed by atoms with E-state index in [1.807, 2.05) is 0 Å². The fourth-order valence-corrected chi connectivity index (χ4v) is 1.08. The van der Waals surface area contributed by atoms with Crippen molar-refractivity contribution < 1.29 is 13.7 Å². The summed E-state index contributed by atoms with van der Waals surface area (Å²) < 4.78 is 23.8. The molecule has 0 spiro atoms. The van der Waals surface area contributed by atoms with Crippen LogP contribution >= 0.6 is 0 Å². The van der Waals surface area contributed by atoms with E-state index in [1.54, 1.807) is 6.07 Å². The van der Waals surface area contributed by atoms with Gasteiger partial charge < -0.3 is 5.32 Å². The molecule has 0 aliphatic carbocycles. The minimum atomic E-state index is -2.55. The molecule has 84 valence electrons. The normalized spacial score (nSPS) is 9.88. The van der Waals surface area contributed by atoms with E-state index in [4.69, 9.17) is 5.26 Å². The highest BCUT2D eigenvalue weighted by molar-refractivity contribution is 5.61. The first-order chi connectivity index (χ1) is 7.54. The molecule has 0 atom stereocenters. The second-order valence-electron chi connectivity index (χ2n) is 2.87. The van der Waals surface area contributed by atoms with Crippen molar-refractivity contribution in [2.24, 2.45) is 0 Å². The number of nitro benzene ring substituents is 1. The van der Waals surface area contributed by atoms with E-state index in [1.165, 1.54) is 6.07 Å². The van der Waals surface area contributed by atoms with Gasteiger partial charge in [0.15, 0.2) is 0 Å². The average molecular weight is 227 g/mol. The van der Waals surface area contributed by atoms with Gasteiger partial charge >= 0.3 is 0 Å². The molecule has 0 saturated heterocycles. The summed E-state index contributed by atoms with van der Waals surface area (Å²) in [5, 5.41) is 21.4. The molecule has 0 radical (unpaired) electrons. The predicted octanol–water partition coefficient (Wildman–Crippen LogP) is 2.14. The third-order valence-corrected chi connectivity index (χ3v) is 1.78. The highest BCUT2D eigenvalue weighted by Gasteiger charge is 2.11. The number of non-ortho nitro benzene ring substituents is 1. The maximum atomic E-state index is 11.9. The van der Waals surface area contributed by atoms with E-state index in [-0.39, 0.29) is 16.9 Å². The zero-order valence-corrected chi connectivity index (χ0v) is 7.98. The van der Waals surface area contributed by atoms with Crippen molar-refractivity contribution in [2.45, 2.75) is 6.43 Å². The first kappa shape index (κ1) is 11.8. The van der Waals surface area contributed by atoms with Crippen LogP contribution in [0.15, 0.2) is 18.2 Å². The average Bonchev–Trinajstić information content (AvgIpc) is 2.25. The third kappa shape index (κ3) is 2.88. The van der Waals surface area contributed by atoms with Crippen LogP contribution in [0, 0.1) is 21.4 Å². The topological polar surface area (TPSA) is 79.0 Å². The molecular weight excluding hydrogens is 220 g/mol. The van der Waals surface area contributed by atoms with E-state index >= 15 is 0 Å². The molecule has 0 aromatic heterocycles. The van der Waals surface area contributed by atoms with E-state index in [2.05, 4.69) is 5.32 Å². The summed E-state index contributed by atoms with van der Waals surface area (Å²) in [7, 11) is 0. The van der Waals surface area contributed by atoms with Gasteiger partial charge in [-0.2, -0.15) is 5.26 Å². The number of nitro groups is 1. The van der Waals surface area contributed by atoms with Crippen LogP contribution in [0.4, 0.5) is 20.2 Å². The van der Waals surface area contributed by atoms with Gasteiger partial charge in [-0.3, -0.25) is 10.1 Å². The Morgan fingerprint density at radius 3 is 2.75 bits per heavy atom. The van der Waals surface area contributed by atoms with Crippen molar-refractivity contribution in [1.82, 2.24) is 0 Å². The van der Waals surface area contributed by atoms with E-state index in [9.17, 15) is 18.9 Å². The Morgan fingerprint density at radius 1 is 1.56 bits per heavy atom. The molecule has 0 amide bonds. The van der Waals surface area contributed by atoms with Gasteiger partial charge in [0.05, 0.1) is 22.7 Å². The Hall–Kier alpha value is -2.23. The standard InChI is InChI=1S/C9H7F2N3O2/c10-9(11)5-13-8-2-1-7(14(15)16)3-6(8)4-12/h1-3,9,13H,5H2. The lowest BCUT2D eigenvalue weighted by Crippen LogP contribution is -2.11. The quantitative estimate of drug-likeness (QED) is 0.631. The Bertz CT molecular complexity index is 443.